The minimum atomic E-state index is -1.25. The molecule has 4 rings (SSSR count). The fourth-order valence-electron chi connectivity index (χ4n) is 4.72. The third-order valence-corrected chi connectivity index (χ3v) is 6.70. The number of anilines is 1. The molecule has 0 radical (unpaired) electrons. The van der Waals surface area contributed by atoms with E-state index in [1.54, 1.807) is 32.0 Å². The van der Waals surface area contributed by atoms with Gasteiger partial charge in [0.25, 0.3) is 5.91 Å². The van der Waals surface area contributed by atoms with Gasteiger partial charge >= 0.3 is 5.97 Å². The van der Waals surface area contributed by atoms with Crippen LogP contribution in [0.5, 0.6) is 0 Å². The van der Waals surface area contributed by atoms with E-state index < -0.39 is 17.4 Å². The SMILES string of the molecule is CCOC(=O)c1cc2n(n1)C[C@](C)(C(=O)NC1CCCCC1)N(c1ccc(Cl)cc1C)C2=O. The second kappa shape index (κ2) is 9.17. The van der Waals surface area contributed by atoms with Crippen LogP contribution in [-0.4, -0.2) is 45.8 Å². The van der Waals surface area contributed by atoms with Gasteiger partial charge in [0.2, 0.25) is 5.91 Å². The molecule has 2 heterocycles. The smallest absolute Gasteiger partial charge is 0.358 e. The molecule has 1 aromatic heterocycles. The molecule has 1 atom stereocenters. The Labute approximate surface area is 198 Å². The summed E-state index contributed by atoms with van der Waals surface area (Å²) in [7, 11) is 0. The highest BCUT2D eigenvalue weighted by molar-refractivity contribution is 6.30. The molecule has 1 saturated carbocycles. The summed E-state index contributed by atoms with van der Waals surface area (Å²) < 4.78 is 6.49. The zero-order chi connectivity index (χ0) is 23.8. The van der Waals surface area contributed by atoms with Crippen molar-refractivity contribution in [1.82, 2.24) is 15.1 Å². The number of rotatable bonds is 5. The summed E-state index contributed by atoms with van der Waals surface area (Å²) in [5.41, 5.74) is 0.389. The van der Waals surface area contributed by atoms with Gasteiger partial charge in [-0.3, -0.25) is 19.2 Å². The Morgan fingerprint density at radius 3 is 2.64 bits per heavy atom. The van der Waals surface area contributed by atoms with Crippen LogP contribution in [0, 0.1) is 6.92 Å². The van der Waals surface area contributed by atoms with E-state index in [9.17, 15) is 14.4 Å². The molecular weight excluding hydrogens is 444 g/mol. The normalized spacial score (nSPS) is 21.0. The van der Waals surface area contributed by atoms with E-state index in [0.29, 0.717) is 10.7 Å². The molecule has 1 fully saturated rings. The Hall–Kier alpha value is -2.87. The average molecular weight is 473 g/mol. The van der Waals surface area contributed by atoms with Crippen LogP contribution in [0.15, 0.2) is 24.3 Å². The first-order valence-corrected chi connectivity index (χ1v) is 11.8. The largest absolute Gasteiger partial charge is 0.461 e. The van der Waals surface area contributed by atoms with Gasteiger partial charge < -0.3 is 10.1 Å². The Bertz CT molecular complexity index is 1090. The van der Waals surface area contributed by atoms with Crippen molar-refractivity contribution in [2.24, 2.45) is 0 Å². The van der Waals surface area contributed by atoms with Crippen LogP contribution in [0.2, 0.25) is 5.02 Å². The topological polar surface area (TPSA) is 93.5 Å². The van der Waals surface area contributed by atoms with Crippen LogP contribution < -0.4 is 10.2 Å². The van der Waals surface area contributed by atoms with Crippen molar-refractivity contribution in [3.8, 4) is 0 Å². The lowest BCUT2D eigenvalue weighted by Crippen LogP contribution is -2.65. The summed E-state index contributed by atoms with van der Waals surface area (Å²) in [6.45, 7) is 5.60. The van der Waals surface area contributed by atoms with Gasteiger partial charge in [-0.05, 0) is 57.4 Å². The second-order valence-electron chi connectivity index (χ2n) is 8.95. The molecule has 33 heavy (non-hydrogen) atoms. The molecule has 0 saturated heterocycles. The third-order valence-electron chi connectivity index (χ3n) is 6.47. The van der Waals surface area contributed by atoms with Crippen molar-refractivity contribution < 1.29 is 19.1 Å². The second-order valence-corrected chi connectivity index (χ2v) is 9.38. The van der Waals surface area contributed by atoms with E-state index >= 15 is 0 Å². The number of ether oxygens (including phenoxy) is 1. The maximum absolute atomic E-state index is 13.8. The summed E-state index contributed by atoms with van der Waals surface area (Å²) >= 11 is 6.16. The van der Waals surface area contributed by atoms with Gasteiger partial charge in [-0.2, -0.15) is 5.10 Å². The van der Waals surface area contributed by atoms with Crippen molar-refractivity contribution in [3.05, 3.63) is 46.2 Å². The number of aryl methyl sites for hydroxylation is 1. The highest BCUT2D eigenvalue weighted by Crippen LogP contribution is 2.36. The van der Waals surface area contributed by atoms with E-state index in [1.807, 2.05) is 6.92 Å². The first kappa shape index (κ1) is 23.3. The number of benzene rings is 1. The first-order valence-electron chi connectivity index (χ1n) is 11.4. The summed E-state index contributed by atoms with van der Waals surface area (Å²) in [6, 6.07) is 6.73. The monoisotopic (exact) mass is 472 g/mol. The molecule has 0 spiro atoms. The van der Waals surface area contributed by atoms with Crippen molar-refractivity contribution >= 4 is 35.1 Å². The van der Waals surface area contributed by atoms with Crippen molar-refractivity contribution in [2.75, 3.05) is 11.5 Å². The van der Waals surface area contributed by atoms with Gasteiger partial charge in [-0.15, -0.1) is 0 Å². The number of nitrogens with zero attached hydrogens (tertiary/aromatic N) is 3. The number of nitrogens with one attached hydrogen (secondary N) is 1. The Morgan fingerprint density at radius 1 is 1.24 bits per heavy atom. The molecule has 0 bridgehead atoms. The van der Waals surface area contributed by atoms with Gasteiger partial charge in [0.05, 0.1) is 13.2 Å². The molecule has 2 amide bonds. The van der Waals surface area contributed by atoms with E-state index in [0.717, 1.165) is 31.2 Å². The predicted octanol–water partition coefficient (Wildman–Crippen LogP) is 3.89. The van der Waals surface area contributed by atoms with Crippen LogP contribution in [0.25, 0.3) is 0 Å². The minimum absolute atomic E-state index is 0.0462. The van der Waals surface area contributed by atoms with Gasteiger partial charge in [0.15, 0.2) is 5.69 Å². The molecule has 176 valence electrons. The number of carbonyl (C=O) groups is 3. The lowest BCUT2D eigenvalue weighted by molar-refractivity contribution is -0.127. The van der Waals surface area contributed by atoms with Gasteiger partial charge in [-0.25, -0.2) is 4.79 Å². The maximum atomic E-state index is 13.8. The number of halogens is 1. The van der Waals surface area contributed by atoms with Crippen LogP contribution in [0.1, 0.15) is 72.5 Å². The molecule has 9 heteroatoms. The van der Waals surface area contributed by atoms with Crippen LogP contribution in [0.3, 0.4) is 0 Å². The van der Waals surface area contributed by atoms with E-state index in [4.69, 9.17) is 16.3 Å². The Morgan fingerprint density at radius 2 is 1.97 bits per heavy atom. The molecule has 1 aliphatic heterocycles. The molecule has 8 nitrogen and oxygen atoms in total. The van der Waals surface area contributed by atoms with Crippen molar-refractivity contribution in [2.45, 2.75) is 71.0 Å². The number of hydrogen-bond acceptors (Lipinski definition) is 5. The van der Waals surface area contributed by atoms with Gasteiger partial charge in [-0.1, -0.05) is 30.9 Å². The highest BCUT2D eigenvalue weighted by Gasteiger charge is 2.50. The molecule has 1 aliphatic carbocycles. The van der Waals surface area contributed by atoms with Gasteiger partial charge in [0, 0.05) is 22.8 Å². The number of aromatic nitrogens is 2. The fourth-order valence-corrected chi connectivity index (χ4v) is 4.95. The number of amides is 2. The third kappa shape index (κ3) is 4.36. The van der Waals surface area contributed by atoms with Crippen molar-refractivity contribution in [1.29, 1.82) is 0 Å². The minimum Gasteiger partial charge on any atom is -0.461 e. The maximum Gasteiger partial charge on any atom is 0.358 e. The summed E-state index contributed by atoms with van der Waals surface area (Å²) in [5.74, 6) is -1.25. The zero-order valence-electron chi connectivity index (χ0n) is 19.2. The van der Waals surface area contributed by atoms with E-state index in [2.05, 4.69) is 10.4 Å². The summed E-state index contributed by atoms with van der Waals surface area (Å²) in [5, 5.41) is 8.02. The summed E-state index contributed by atoms with van der Waals surface area (Å²) in [6.07, 6.45) is 5.18. The molecule has 1 N–H and O–H groups in total. The standard InChI is InChI=1S/C24H29ClN4O4/c1-4-33-22(31)18-13-20-21(30)29(19-11-10-16(25)12-15(19)2)24(3,14-28(20)27-18)23(32)26-17-8-6-5-7-9-17/h10-13,17H,4-9,14H2,1-3H3,(H,26,32)/t24-/m1/s1. The number of hydrogen-bond donors (Lipinski definition) is 1. The van der Waals surface area contributed by atoms with Gasteiger partial charge in [0.1, 0.15) is 11.2 Å². The number of fused-ring (bicyclic) bond motifs is 1. The van der Waals surface area contributed by atoms with E-state index in [1.165, 1.54) is 22.1 Å². The molecule has 1 aromatic carbocycles. The summed E-state index contributed by atoms with van der Waals surface area (Å²) in [4.78, 5) is 41.2. The Balaban J connectivity index is 1.77. The first-order chi connectivity index (χ1) is 15.7. The average Bonchev–Trinajstić information content (AvgIpc) is 3.20. The lowest BCUT2D eigenvalue weighted by Gasteiger charge is -2.44. The quantitative estimate of drug-likeness (QED) is 0.666. The number of carbonyl (C=O) groups excluding carboxylic acids is 3. The predicted molar refractivity (Wildman–Crippen MR) is 125 cm³/mol. The van der Waals surface area contributed by atoms with Crippen LogP contribution in [-0.2, 0) is 16.1 Å². The lowest BCUT2D eigenvalue weighted by atomic mass is 9.90. The molecular formula is C24H29ClN4O4. The van der Waals surface area contributed by atoms with Crippen LogP contribution >= 0.6 is 11.6 Å². The van der Waals surface area contributed by atoms with Crippen molar-refractivity contribution in [3.63, 3.8) is 0 Å². The molecule has 0 unspecified atom stereocenters. The van der Waals surface area contributed by atoms with Crippen LogP contribution in [0.4, 0.5) is 5.69 Å². The molecule has 2 aliphatic rings. The number of esters is 1. The molecule has 2 aromatic rings. The fraction of sp³-hybridized carbons (Fsp3) is 0.500. The highest BCUT2D eigenvalue weighted by atomic mass is 35.5. The Kier molecular flexibility index (Phi) is 6.47. The zero-order valence-corrected chi connectivity index (χ0v) is 19.9. The van der Waals surface area contributed by atoms with E-state index in [-0.39, 0.29) is 36.5 Å².